The predicted octanol–water partition coefficient (Wildman–Crippen LogP) is 5.61. The van der Waals surface area contributed by atoms with E-state index in [2.05, 4.69) is 0 Å². The van der Waals surface area contributed by atoms with Gasteiger partial charge >= 0.3 is 12.2 Å². The smallest absolute Gasteiger partial charge is 0.255 e. The first-order valence-corrected chi connectivity index (χ1v) is 6.33. The molecule has 126 valence electrons. The number of hydrogen-bond donors (Lipinski definition) is 0. The molecule has 0 aromatic heterocycles. The molecule has 0 bridgehead atoms. The Morgan fingerprint density at radius 3 is 2.08 bits per heavy atom. The van der Waals surface area contributed by atoms with Crippen LogP contribution in [-0.4, -0.2) is 12.2 Å². The van der Waals surface area contributed by atoms with E-state index in [-0.39, 0.29) is 11.1 Å². The molecule has 0 spiro atoms. The summed E-state index contributed by atoms with van der Waals surface area (Å²) in [6, 6.07) is 3.03. The van der Waals surface area contributed by atoms with Crippen molar-refractivity contribution in [2.45, 2.75) is 6.18 Å². The molecule has 1 nitrogen and oxygen atoms in total. The third-order valence-corrected chi connectivity index (χ3v) is 3.02. The van der Waals surface area contributed by atoms with Gasteiger partial charge in [0.25, 0.3) is 0 Å². The minimum atomic E-state index is -4.96. The van der Waals surface area contributed by atoms with Crippen molar-refractivity contribution in [3.8, 4) is 11.1 Å². The van der Waals surface area contributed by atoms with Crippen LogP contribution in [0.5, 0.6) is 0 Å². The topological polar surface area (TPSA) is 17.1 Å². The molecular formula is C16H7F7O. The van der Waals surface area contributed by atoms with Gasteiger partial charge < -0.3 is 0 Å². The molecule has 0 aliphatic carbocycles. The number of hydrogen-bond acceptors (Lipinski definition) is 1. The second kappa shape index (κ2) is 6.46. The van der Waals surface area contributed by atoms with Gasteiger partial charge in [0, 0.05) is 11.1 Å². The van der Waals surface area contributed by atoms with Gasteiger partial charge in [0.2, 0.25) is 0 Å². The average molecular weight is 348 g/mol. The Hall–Kier alpha value is -2.64. The number of rotatable bonds is 3. The summed E-state index contributed by atoms with van der Waals surface area (Å²) in [5.74, 6) is -4.21. The van der Waals surface area contributed by atoms with Crippen molar-refractivity contribution < 1.29 is 35.5 Å². The van der Waals surface area contributed by atoms with Gasteiger partial charge in [-0.2, -0.15) is 17.6 Å². The highest BCUT2D eigenvalue weighted by molar-refractivity contribution is 5.89. The average Bonchev–Trinajstić information content (AvgIpc) is 2.44. The third kappa shape index (κ3) is 4.01. The van der Waals surface area contributed by atoms with E-state index in [1.165, 1.54) is 0 Å². The fourth-order valence-electron chi connectivity index (χ4n) is 1.97. The van der Waals surface area contributed by atoms with Gasteiger partial charge in [0.05, 0.1) is 11.6 Å². The molecule has 8 heteroatoms. The van der Waals surface area contributed by atoms with E-state index in [4.69, 9.17) is 0 Å². The van der Waals surface area contributed by atoms with Crippen molar-refractivity contribution in [3.63, 3.8) is 0 Å². The van der Waals surface area contributed by atoms with Gasteiger partial charge in [0.1, 0.15) is 17.5 Å². The first-order valence-electron chi connectivity index (χ1n) is 6.33. The van der Waals surface area contributed by atoms with Gasteiger partial charge in [-0.05, 0) is 29.8 Å². The van der Waals surface area contributed by atoms with Gasteiger partial charge in [-0.25, -0.2) is 13.2 Å². The Kier molecular flexibility index (Phi) is 4.77. The summed E-state index contributed by atoms with van der Waals surface area (Å²) in [5, 5.41) is 0. The first kappa shape index (κ1) is 17.7. The number of carbonyl (C=O) groups excluding carboxylic acids is 1. The van der Waals surface area contributed by atoms with Crippen molar-refractivity contribution in [1.29, 1.82) is 0 Å². The largest absolute Gasteiger partial charge is 0.412 e. The second-order valence-corrected chi connectivity index (χ2v) is 4.70. The molecule has 2 aromatic rings. The molecule has 0 saturated heterocycles. The lowest BCUT2D eigenvalue weighted by Gasteiger charge is -2.08. The molecule has 0 unspecified atom stereocenters. The molecule has 0 radical (unpaired) electrons. The number of alkyl halides is 3. The molecule has 0 atom stereocenters. The molecule has 0 aliphatic rings. The fraction of sp³-hybridized carbons (Fsp3) is 0.0625. The van der Waals surface area contributed by atoms with Crippen molar-refractivity contribution in [1.82, 2.24) is 0 Å². The summed E-state index contributed by atoms with van der Waals surface area (Å²) in [7, 11) is 0. The zero-order valence-electron chi connectivity index (χ0n) is 11.6. The Morgan fingerprint density at radius 2 is 1.58 bits per heavy atom. The fourth-order valence-corrected chi connectivity index (χ4v) is 1.97. The summed E-state index contributed by atoms with van der Waals surface area (Å²) >= 11 is 0. The monoisotopic (exact) mass is 348 g/mol. The summed E-state index contributed by atoms with van der Waals surface area (Å²) in [4.78, 5) is 10.5. The van der Waals surface area contributed by atoms with Gasteiger partial charge in [-0.1, -0.05) is 12.1 Å². The van der Waals surface area contributed by atoms with E-state index >= 15 is 0 Å². The predicted molar refractivity (Wildman–Crippen MR) is 72.4 cm³/mol. The number of benzene rings is 2. The molecule has 0 aliphatic heterocycles. The van der Waals surface area contributed by atoms with E-state index in [0.717, 1.165) is 24.3 Å². The second-order valence-electron chi connectivity index (χ2n) is 4.70. The zero-order valence-corrected chi connectivity index (χ0v) is 11.6. The molecule has 0 N–H and O–H groups in total. The van der Waals surface area contributed by atoms with E-state index in [1.54, 1.807) is 0 Å². The van der Waals surface area contributed by atoms with Crippen molar-refractivity contribution >= 4 is 11.9 Å². The molecule has 0 heterocycles. The zero-order chi connectivity index (χ0) is 18.1. The third-order valence-electron chi connectivity index (χ3n) is 3.02. The van der Waals surface area contributed by atoms with Crippen LogP contribution in [0.25, 0.3) is 17.0 Å². The lowest BCUT2D eigenvalue weighted by atomic mass is 10.0. The Labute approximate surface area is 131 Å². The summed E-state index contributed by atoms with van der Waals surface area (Å²) in [5.41, 5.74) is -1.84. The standard InChI is InChI=1S/C16H7F7O/c17-12-6-9(15(20)24)2-3-10(12)8-1-4-11(13(18)5-8)14(19)7-16(21,22)23/h1-7H. The first-order chi connectivity index (χ1) is 11.1. The molecule has 2 aromatic carbocycles. The summed E-state index contributed by atoms with van der Waals surface area (Å²) in [6.07, 6.45) is -5.66. The maximum Gasteiger partial charge on any atom is 0.412 e. The van der Waals surface area contributed by atoms with Crippen LogP contribution >= 0.6 is 0 Å². The quantitative estimate of drug-likeness (QED) is 0.520. The van der Waals surface area contributed by atoms with E-state index in [1.807, 2.05) is 0 Å². The van der Waals surface area contributed by atoms with Crippen LogP contribution in [-0.2, 0) is 0 Å². The SMILES string of the molecule is O=C(F)c1ccc(-c2ccc(C(F)=CC(F)(F)F)c(F)c2)c(F)c1. The van der Waals surface area contributed by atoms with Crippen LogP contribution < -0.4 is 0 Å². The summed E-state index contributed by atoms with van der Waals surface area (Å²) in [6.45, 7) is 0. The van der Waals surface area contributed by atoms with Crippen molar-refractivity contribution in [2.75, 3.05) is 0 Å². The van der Waals surface area contributed by atoms with Crippen LogP contribution in [0.4, 0.5) is 30.7 Å². The molecule has 0 saturated carbocycles. The molecule has 24 heavy (non-hydrogen) atoms. The van der Waals surface area contributed by atoms with Crippen LogP contribution in [0.2, 0.25) is 0 Å². The van der Waals surface area contributed by atoms with Crippen LogP contribution in [0, 0.1) is 11.6 Å². The Bertz CT molecular complexity index is 822. The maximum atomic E-state index is 13.8. The van der Waals surface area contributed by atoms with Crippen LogP contribution in [0.3, 0.4) is 0 Å². The highest BCUT2D eigenvalue weighted by Gasteiger charge is 2.26. The Balaban J connectivity index is 2.44. The highest BCUT2D eigenvalue weighted by Crippen LogP contribution is 2.30. The maximum absolute atomic E-state index is 13.8. The minimum absolute atomic E-state index is 0.119. The van der Waals surface area contributed by atoms with Crippen molar-refractivity contribution in [2.24, 2.45) is 0 Å². The lowest BCUT2D eigenvalue weighted by molar-refractivity contribution is -0.0798. The van der Waals surface area contributed by atoms with E-state index in [0.29, 0.717) is 12.1 Å². The van der Waals surface area contributed by atoms with Crippen molar-refractivity contribution in [3.05, 3.63) is 65.2 Å². The van der Waals surface area contributed by atoms with E-state index in [9.17, 15) is 35.5 Å². The molecule has 0 amide bonds. The number of halogens is 7. The minimum Gasteiger partial charge on any atom is -0.255 e. The lowest BCUT2D eigenvalue weighted by Crippen LogP contribution is -2.02. The van der Waals surface area contributed by atoms with Gasteiger partial charge in [-0.3, -0.25) is 4.79 Å². The molecule has 0 fully saturated rings. The molecular weight excluding hydrogens is 341 g/mol. The summed E-state index contributed by atoms with van der Waals surface area (Å²) < 4.78 is 89.8. The van der Waals surface area contributed by atoms with Crippen LogP contribution in [0.15, 0.2) is 42.5 Å². The number of carbonyl (C=O) groups is 1. The van der Waals surface area contributed by atoms with Gasteiger partial charge in [0.15, 0.2) is 0 Å². The van der Waals surface area contributed by atoms with E-state index < -0.39 is 46.9 Å². The Morgan fingerprint density at radius 1 is 0.917 bits per heavy atom. The van der Waals surface area contributed by atoms with Gasteiger partial charge in [-0.15, -0.1) is 0 Å². The highest BCUT2D eigenvalue weighted by atomic mass is 19.4. The normalized spacial score (nSPS) is 12.4. The molecule has 2 rings (SSSR count). The number of allylic oxidation sites excluding steroid dienone is 1. The van der Waals surface area contributed by atoms with Crippen LogP contribution in [0.1, 0.15) is 15.9 Å².